The average Bonchev–Trinajstić information content (AvgIpc) is 2.35. The molecule has 1 aliphatic rings. The van der Waals surface area contributed by atoms with Crippen LogP contribution in [0.5, 0.6) is 0 Å². The molecule has 2 rings (SSSR count). The van der Waals surface area contributed by atoms with Crippen LogP contribution in [0.4, 0.5) is 0 Å². The smallest absolute Gasteiger partial charge is 0.229 e. The van der Waals surface area contributed by atoms with Crippen LogP contribution in [0.3, 0.4) is 0 Å². The Kier molecular flexibility index (Phi) is 1.13. The fraction of sp³-hybridized carbons (Fsp3) is 0.167. The fourth-order valence-electron chi connectivity index (χ4n) is 0.837. The highest BCUT2D eigenvalue weighted by atomic mass is 32.2. The molecule has 0 radical (unpaired) electrons. The number of rotatable bonds is 0. The van der Waals surface area contributed by atoms with Crippen LogP contribution in [0.1, 0.15) is 15.2 Å². The maximum absolute atomic E-state index is 10.9. The molecule has 0 aliphatic carbocycles. The second-order valence-corrected chi connectivity index (χ2v) is 3.72. The molecule has 1 aliphatic heterocycles. The highest BCUT2D eigenvalue weighted by Crippen LogP contribution is 2.33. The van der Waals surface area contributed by atoms with Gasteiger partial charge in [-0.05, 0) is 17.0 Å². The Morgan fingerprint density at radius 3 is 3.22 bits per heavy atom. The van der Waals surface area contributed by atoms with Gasteiger partial charge in [0.2, 0.25) is 5.12 Å². The molecular weight excluding hydrogens is 152 g/mol. The number of carbonyl (C=O) groups excluding carboxylic acids is 1. The van der Waals surface area contributed by atoms with E-state index in [2.05, 4.69) is 0 Å². The van der Waals surface area contributed by atoms with Crippen molar-refractivity contribution in [2.45, 2.75) is 5.75 Å². The van der Waals surface area contributed by atoms with Crippen molar-refractivity contribution >= 4 is 28.2 Å². The van der Waals surface area contributed by atoms with Gasteiger partial charge in [0.05, 0.1) is 4.88 Å². The Bertz CT molecular complexity index is 251. The van der Waals surface area contributed by atoms with Crippen LogP contribution in [-0.4, -0.2) is 5.12 Å². The number of thiophene rings is 1. The number of hydrogen-bond acceptors (Lipinski definition) is 3. The summed E-state index contributed by atoms with van der Waals surface area (Å²) in [5, 5.41) is 2.22. The van der Waals surface area contributed by atoms with Gasteiger partial charge in [-0.3, -0.25) is 4.79 Å². The first kappa shape index (κ1) is 5.50. The van der Waals surface area contributed by atoms with Crippen LogP contribution in [0, 0.1) is 0 Å². The van der Waals surface area contributed by atoms with E-state index in [9.17, 15) is 4.79 Å². The van der Waals surface area contributed by atoms with Gasteiger partial charge in [-0.25, -0.2) is 0 Å². The molecular formula is C6H4OS2. The van der Waals surface area contributed by atoms with E-state index in [4.69, 9.17) is 0 Å². The molecule has 0 bridgehead atoms. The second kappa shape index (κ2) is 1.85. The zero-order valence-electron chi connectivity index (χ0n) is 4.59. The van der Waals surface area contributed by atoms with Crippen LogP contribution < -0.4 is 0 Å². The highest BCUT2D eigenvalue weighted by Gasteiger charge is 2.20. The summed E-state index contributed by atoms with van der Waals surface area (Å²) < 4.78 is 0. The van der Waals surface area contributed by atoms with E-state index in [1.165, 1.54) is 17.3 Å². The predicted molar refractivity (Wildman–Crippen MR) is 39.9 cm³/mol. The summed E-state index contributed by atoms with van der Waals surface area (Å²) in [6, 6.07) is 2.03. The molecule has 0 saturated heterocycles. The molecule has 1 aromatic heterocycles. The lowest BCUT2D eigenvalue weighted by molar-refractivity contribution is 0.109. The summed E-state index contributed by atoms with van der Waals surface area (Å²) in [5.41, 5.74) is 1.22. The summed E-state index contributed by atoms with van der Waals surface area (Å²) in [6.07, 6.45) is 0. The molecule has 3 heteroatoms. The second-order valence-electron chi connectivity index (χ2n) is 1.85. The molecule has 0 unspecified atom stereocenters. The highest BCUT2D eigenvalue weighted by molar-refractivity contribution is 8.14. The third-order valence-electron chi connectivity index (χ3n) is 1.29. The summed E-state index contributed by atoms with van der Waals surface area (Å²) in [7, 11) is 0. The Morgan fingerprint density at radius 1 is 1.56 bits per heavy atom. The summed E-state index contributed by atoms with van der Waals surface area (Å²) in [4.78, 5) is 11.9. The van der Waals surface area contributed by atoms with Crippen LogP contribution in [0.25, 0.3) is 0 Å². The summed E-state index contributed by atoms with van der Waals surface area (Å²) >= 11 is 2.95. The summed E-state index contributed by atoms with van der Waals surface area (Å²) in [5.74, 6) is 0.887. The maximum atomic E-state index is 10.9. The van der Waals surface area contributed by atoms with Crippen molar-refractivity contribution in [1.29, 1.82) is 0 Å². The zero-order chi connectivity index (χ0) is 6.27. The predicted octanol–water partition coefficient (Wildman–Crippen LogP) is 2.14. The van der Waals surface area contributed by atoms with E-state index < -0.39 is 0 Å². The Morgan fingerprint density at radius 2 is 2.44 bits per heavy atom. The number of carbonyl (C=O) groups is 1. The molecule has 0 amide bonds. The molecule has 0 aromatic carbocycles. The van der Waals surface area contributed by atoms with Crippen molar-refractivity contribution in [3.8, 4) is 0 Å². The Hall–Kier alpha value is -0.280. The van der Waals surface area contributed by atoms with Crippen molar-refractivity contribution < 1.29 is 4.79 Å². The zero-order valence-corrected chi connectivity index (χ0v) is 6.22. The summed E-state index contributed by atoms with van der Waals surface area (Å²) in [6.45, 7) is 0. The van der Waals surface area contributed by atoms with Crippen molar-refractivity contribution in [2.75, 3.05) is 0 Å². The Labute approximate surface area is 61.1 Å². The first-order chi connectivity index (χ1) is 4.38. The molecule has 0 N–H and O–H groups in total. The topological polar surface area (TPSA) is 17.1 Å². The van der Waals surface area contributed by atoms with E-state index in [-0.39, 0.29) is 5.12 Å². The average molecular weight is 156 g/mol. The van der Waals surface area contributed by atoms with Crippen molar-refractivity contribution in [1.82, 2.24) is 0 Å². The first-order valence-electron chi connectivity index (χ1n) is 2.61. The lowest BCUT2D eigenvalue weighted by Crippen LogP contribution is -1.78. The Balaban J connectivity index is 2.61. The molecule has 2 heterocycles. The minimum atomic E-state index is 0.250. The van der Waals surface area contributed by atoms with Crippen LogP contribution in [0.15, 0.2) is 11.4 Å². The van der Waals surface area contributed by atoms with Gasteiger partial charge in [0.1, 0.15) is 0 Å². The molecule has 1 aromatic rings. The van der Waals surface area contributed by atoms with Crippen molar-refractivity contribution in [2.24, 2.45) is 0 Å². The normalized spacial score (nSPS) is 16.2. The SMILES string of the molecule is O=C1SCc2ccsc21. The third-order valence-corrected chi connectivity index (χ3v) is 3.30. The lowest BCUT2D eigenvalue weighted by Gasteiger charge is -1.77. The molecule has 0 saturated carbocycles. The number of hydrogen-bond donors (Lipinski definition) is 0. The molecule has 9 heavy (non-hydrogen) atoms. The van der Waals surface area contributed by atoms with Crippen LogP contribution in [0.2, 0.25) is 0 Å². The maximum Gasteiger partial charge on any atom is 0.229 e. The van der Waals surface area contributed by atoms with Gasteiger partial charge in [0.15, 0.2) is 0 Å². The van der Waals surface area contributed by atoms with Gasteiger partial charge in [-0.2, -0.15) is 0 Å². The first-order valence-corrected chi connectivity index (χ1v) is 4.48. The van der Waals surface area contributed by atoms with E-state index in [0.29, 0.717) is 0 Å². The van der Waals surface area contributed by atoms with Crippen LogP contribution >= 0.6 is 23.1 Å². The van der Waals surface area contributed by atoms with E-state index in [1.54, 1.807) is 11.3 Å². The van der Waals surface area contributed by atoms with Gasteiger partial charge in [-0.1, -0.05) is 11.8 Å². The van der Waals surface area contributed by atoms with Crippen molar-refractivity contribution in [3.63, 3.8) is 0 Å². The van der Waals surface area contributed by atoms with Crippen LogP contribution in [-0.2, 0) is 5.75 Å². The monoisotopic (exact) mass is 156 g/mol. The van der Waals surface area contributed by atoms with E-state index in [1.807, 2.05) is 11.4 Å². The molecule has 46 valence electrons. The minimum Gasteiger partial charge on any atom is -0.281 e. The van der Waals surface area contributed by atoms with E-state index >= 15 is 0 Å². The van der Waals surface area contributed by atoms with Gasteiger partial charge in [-0.15, -0.1) is 11.3 Å². The lowest BCUT2D eigenvalue weighted by atomic mass is 10.3. The standard InChI is InChI=1S/C6H4OS2/c7-6-5-4(3-9-6)1-2-8-5/h1-2H,3H2. The molecule has 1 nitrogen and oxygen atoms in total. The number of fused-ring (bicyclic) bond motifs is 1. The molecule has 0 fully saturated rings. The van der Waals surface area contributed by atoms with Gasteiger partial charge < -0.3 is 0 Å². The van der Waals surface area contributed by atoms with Gasteiger partial charge in [0, 0.05) is 5.75 Å². The third kappa shape index (κ3) is 0.721. The quantitative estimate of drug-likeness (QED) is 0.572. The fourth-order valence-corrected chi connectivity index (χ4v) is 2.80. The molecule has 0 atom stereocenters. The van der Waals surface area contributed by atoms with Gasteiger partial charge in [0.25, 0.3) is 0 Å². The van der Waals surface area contributed by atoms with Crippen molar-refractivity contribution in [3.05, 3.63) is 21.9 Å². The molecule has 0 spiro atoms. The van der Waals surface area contributed by atoms with E-state index in [0.717, 1.165) is 10.6 Å². The number of thioether (sulfide) groups is 1. The minimum absolute atomic E-state index is 0.250. The van der Waals surface area contributed by atoms with Gasteiger partial charge >= 0.3 is 0 Å². The largest absolute Gasteiger partial charge is 0.281 e.